The quantitative estimate of drug-likeness (QED) is 0.700. The Kier molecular flexibility index (Phi) is 4.23. The number of carbonyl (C=O) groups is 2. The van der Waals surface area contributed by atoms with Gasteiger partial charge >= 0.3 is 0 Å². The van der Waals surface area contributed by atoms with Gasteiger partial charge in [0, 0.05) is 43.3 Å². The molecule has 0 saturated heterocycles. The number of aromatic amines is 1. The maximum Gasteiger partial charge on any atom is 0.270 e. The topological polar surface area (TPSA) is 74.2 Å². The molecule has 7 heteroatoms. The number of aromatic nitrogens is 3. The van der Waals surface area contributed by atoms with Crippen LogP contribution in [0.2, 0.25) is 0 Å². The number of carbonyl (C=O) groups excluding carboxylic acids is 2. The number of hydrogen-bond acceptors (Lipinski definition) is 3. The lowest BCUT2D eigenvalue weighted by Crippen LogP contribution is -2.41. The average Bonchev–Trinajstić information content (AvgIpc) is 3.46. The molecular formula is C22H23N5O2. The van der Waals surface area contributed by atoms with E-state index in [4.69, 9.17) is 4.98 Å². The highest BCUT2D eigenvalue weighted by molar-refractivity contribution is 5.98. The van der Waals surface area contributed by atoms with Gasteiger partial charge in [0.15, 0.2) is 0 Å². The van der Waals surface area contributed by atoms with E-state index in [1.54, 1.807) is 0 Å². The van der Waals surface area contributed by atoms with Crippen molar-refractivity contribution in [3.63, 3.8) is 0 Å². The summed E-state index contributed by atoms with van der Waals surface area (Å²) in [6, 6.07) is 9.63. The number of hydrogen-bond donors (Lipinski definition) is 1. The van der Waals surface area contributed by atoms with Crippen molar-refractivity contribution in [3.05, 3.63) is 65.9 Å². The SMILES string of the molecule is CC1c2nc(CC(=O)N3CC=CC3)cn2CCN1C(=O)c1cc2ccccc2[nH]1. The van der Waals surface area contributed by atoms with Gasteiger partial charge in [0.1, 0.15) is 11.5 Å². The molecule has 2 aliphatic heterocycles. The number of imidazole rings is 1. The third-order valence-corrected chi connectivity index (χ3v) is 5.80. The van der Waals surface area contributed by atoms with E-state index >= 15 is 0 Å². The fourth-order valence-corrected chi connectivity index (χ4v) is 4.20. The zero-order valence-corrected chi connectivity index (χ0v) is 16.3. The molecule has 29 heavy (non-hydrogen) atoms. The van der Waals surface area contributed by atoms with Crippen molar-refractivity contribution in [2.45, 2.75) is 25.9 Å². The molecule has 4 heterocycles. The number of nitrogens with one attached hydrogen (secondary N) is 1. The van der Waals surface area contributed by atoms with Gasteiger partial charge in [0.25, 0.3) is 5.91 Å². The molecule has 7 nitrogen and oxygen atoms in total. The Morgan fingerprint density at radius 1 is 1.17 bits per heavy atom. The molecule has 1 atom stereocenters. The molecule has 1 unspecified atom stereocenters. The van der Waals surface area contributed by atoms with Gasteiger partial charge < -0.3 is 19.4 Å². The molecule has 0 fully saturated rings. The standard InChI is InChI=1S/C22H23N5O2/c1-15-21-23-17(13-20(28)25-8-4-5-9-25)14-26(21)10-11-27(15)22(29)19-12-16-6-2-3-7-18(16)24-19/h2-7,12,14-15,24H,8-11,13H2,1H3. The van der Waals surface area contributed by atoms with E-state index in [0.717, 1.165) is 22.4 Å². The summed E-state index contributed by atoms with van der Waals surface area (Å²) in [6.45, 7) is 4.64. The minimum Gasteiger partial charge on any atom is -0.351 e. The smallest absolute Gasteiger partial charge is 0.270 e. The molecular weight excluding hydrogens is 366 g/mol. The van der Waals surface area contributed by atoms with Gasteiger partial charge in [-0.3, -0.25) is 9.59 Å². The van der Waals surface area contributed by atoms with Crippen LogP contribution in [0.15, 0.2) is 48.7 Å². The van der Waals surface area contributed by atoms with Crippen LogP contribution in [0.25, 0.3) is 10.9 Å². The first-order valence-corrected chi connectivity index (χ1v) is 9.97. The summed E-state index contributed by atoms with van der Waals surface area (Å²) in [4.78, 5) is 37.1. The molecule has 0 bridgehead atoms. The molecule has 0 saturated carbocycles. The number of nitrogens with zero attached hydrogens (tertiary/aromatic N) is 4. The number of fused-ring (bicyclic) bond motifs is 2. The Balaban J connectivity index is 1.34. The van der Waals surface area contributed by atoms with Gasteiger partial charge in [-0.05, 0) is 19.1 Å². The molecule has 2 amide bonds. The number of para-hydroxylation sites is 1. The maximum atomic E-state index is 13.1. The monoisotopic (exact) mass is 389 g/mol. The Labute approximate surface area is 168 Å². The maximum absolute atomic E-state index is 13.1. The molecule has 0 radical (unpaired) electrons. The molecule has 1 aromatic carbocycles. The van der Waals surface area contributed by atoms with Gasteiger partial charge in [0.05, 0.1) is 18.2 Å². The molecule has 2 aliphatic rings. The zero-order chi connectivity index (χ0) is 20.0. The number of H-pyrrole nitrogens is 1. The van der Waals surface area contributed by atoms with Crippen molar-refractivity contribution in [1.82, 2.24) is 24.3 Å². The summed E-state index contributed by atoms with van der Waals surface area (Å²) in [5.74, 6) is 0.899. The molecule has 2 aromatic heterocycles. The minimum atomic E-state index is -0.153. The lowest BCUT2D eigenvalue weighted by atomic mass is 10.2. The van der Waals surface area contributed by atoms with Gasteiger partial charge in [0.2, 0.25) is 5.91 Å². The van der Waals surface area contributed by atoms with Gasteiger partial charge in [-0.1, -0.05) is 30.4 Å². The summed E-state index contributed by atoms with van der Waals surface area (Å²) in [7, 11) is 0. The average molecular weight is 389 g/mol. The van der Waals surface area contributed by atoms with Crippen molar-refractivity contribution >= 4 is 22.7 Å². The highest BCUT2D eigenvalue weighted by Gasteiger charge is 2.31. The fourth-order valence-electron chi connectivity index (χ4n) is 4.20. The van der Waals surface area contributed by atoms with Crippen LogP contribution in [0.4, 0.5) is 0 Å². The van der Waals surface area contributed by atoms with Crippen molar-refractivity contribution < 1.29 is 9.59 Å². The lowest BCUT2D eigenvalue weighted by molar-refractivity contribution is -0.129. The second-order valence-corrected chi connectivity index (χ2v) is 7.68. The molecule has 148 valence electrons. The van der Waals surface area contributed by atoms with Gasteiger partial charge in [-0.25, -0.2) is 4.98 Å². The Morgan fingerprint density at radius 3 is 2.76 bits per heavy atom. The fraction of sp³-hybridized carbons (Fsp3) is 0.318. The van der Waals surface area contributed by atoms with E-state index in [9.17, 15) is 9.59 Å². The summed E-state index contributed by atoms with van der Waals surface area (Å²) in [5.41, 5.74) is 2.32. The molecule has 0 spiro atoms. The van der Waals surface area contributed by atoms with Crippen molar-refractivity contribution in [3.8, 4) is 0 Å². The van der Waals surface area contributed by atoms with Gasteiger partial charge in [-0.15, -0.1) is 0 Å². The normalized spacial score (nSPS) is 18.4. The molecule has 5 rings (SSSR count). The molecule has 0 aliphatic carbocycles. The molecule has 3 aromatic rings. The second-order valence-electron chi connectivity index (χ2n) is 7.68. The number of rotatable bonds is 3. The summed E-state index contributed by atoms with van der Waals surface area (Å²) in [5, 5.41) is 1.03. The predicted octanol–water partition coefficient (Wildman–Crippen LogP) is 2.52. The number of amides is 2. The Bertz CT molecular complexity index is 1080. The first kappa shape index (κ1) is 17.7. The predicted molar refractivity (Wildman–Crippen MR) is 109 cm³/mol. The Hall–Kier alpha value is -3.35. The van der Waals surface area contributed by atoms with Gasteiger partial charge in [-0.2, -0.15) is 0 Å². The van der Waals surface area contributed by atoms with E-state index in [0.29, 0.717) is 38.3 Å². The van der Waals surface area contributed by atoms with E-state index < -0.39 is 0 Å². The Morgan fingerprint density at radius 2 is 1.97 bits per heavy atom. The minimum absolute atomic E-state index is 0.0243. The second kappa shape index (κ2) is 6.92. The third-order valence-electron chi connectivity index (χ3n) is 5.80. The van der Waals surface area contributed by atoms with E-state index in [1.807, 2.05) is 65.4 Å². The van der Waals surface area contributed by atoms with Crippen LogP contribution < -0.4 is 0 Å². The van der Waals surface area contributed by atoms with Crippen molar-refractivity contribution in [1.29, 1.82) is 0 Å². The van der Waals surface area contributed by atoms with Crippen LogP contribution in [-0.4, -0.2) is 55.8 Å². The van der Waals surface area contributed by atoms with Crippen molar-refractivity contribution in [2.75, 3.05) is 19.6 Å². The van der Waals surface area contributed by atoms with Crippen LogP contribution in [0.1, 0.15) is 35.0 Å². The van der Waals surface area contributed by atoms with Crippen molar-refractivity contribution in [2.24, 2.45) is 0 Å². The van der Waals surface area contributed by atoms with Crippen LogP contribution in [-0.2, 0) is 17.8 Å². The third kappa shape index (κ3) is 3.12. The van der Waals surface area contributed by atoms with Crippen LogP contribution in [0.5, 0.6) is 0 Å². The highest BCUT2D eigenvalue weighted by atomic mass is 16.2. The van der Waals surface area contributed by atoms with E-state index in [-0.39, 0.29) is 17.9 Å². The summed E-state index contributed by atoms with van der Waals surface area (Å²) >= 11 is 0. The summed E-state index contributed by atoms with van der Waals surface area (Å²) < 4.78 is 2.07. The lowest BCUT2D eigenvalue weighted by Gasteiger charge is -2.33. The highest BCUT2D eigenvalue weighted by Crippen LogP contribution is 2.27. The largest absolute Gasteiger partial charge is 0.351 e. The van der Waals surface area contributed by atoms with E-state index in [1.165, 1.54) is 0 Å². The molecule has 1 N–H and O–H groups in total. The first-order valence-electron chi connectivity index (χ1n) is 9.97. The van der Waals surface area contributed by atoms with Crippen LogP contribution >= 0.6 is 0 Å². The number of benzene rings is 1. The van der Waals surface area contributed by atoms with Crippen LogP contribution in [0.3, 0.4) is 0 Å². The first-order chi connectivity index (χ1) is 14.1. The van der Waals surface area contributed by atoms with Crippen LogP contribution in [0, 0.1) is 0 Å². The zero-order valence-electron chi connectivity index (χ0n) is 16.3. The van der Waals surface area contributed by atoms with E-state index in [2.05, 4.69) is 9.55 Å². The summed E-state index contributed by atoms with van der Waals surface area (Å²) in [6.07, 6.45) is 6.26.